The van der Waals surface area contributed by atoms with Gasteiger partial charge in [0.25, 0.3) is 0 Å². The Balaban J connectivity index is 2.50. The average Bonchev–Trinajstić information content (AvgIpc) is 2.36. The first-order chi connectivity index (χ1) is 9.01. The molecule has 4 nitrogen and oxygen atoms in total. The van der Waals surface area contributed by atoms with E-state index in [0.717, 1.165) is 6.07 Å². The summed E-state index contributed by atoms with van der Waals surface area (Å²) in [7, 11) is 1.53. The molecular weight excluding hydrogens is 250 g/mol. The molecule has 0 unspecified atom stereocenters. The minimum Gasteiger partial charge on any atom is -0.383 e. The van der Waals surface area contributed by atoms with E-state index in [2.05, 4.69) is 9.98 Å². The fourth-order valence-electron chi connectivity index (χ4n) is 1.67. The largest absolute Gasteiger partial charge is 0.383 e. The van der Waals surface area contributed by atoms with Crippen molar-refractivity contribution in [2.75, 3.05) is 12.8 Å². The number of hydrogen-bond donors (Lipinski definition) is 2. The maximum absolute atomic E-state index is 13.1. The van der Waals surface area contributed by atoms with Crippen molar-refractivity contribution >= 4 is 11.7 Å². The second-order valence-electron chi connectivity index (χ2n) is 3.90. The van der Waals surface area contributed by atoms with Gasteiger partial charge < -0.3 is 11.5 Å². The molecule has 98 valence electrons. The molecule has 4 N–H and O–H groups in total. The molecule has 1 aromatic heterocycles. The maximum atomic E-state index is 13.1. The highest BCUT2D eigenvalue weighted by atomic mass is 19.1. The van der Waals surface area contributed by atoms with E-state index in [0.29, 0.717) is 16.8 Å². The third kappa shape index (κ3) is 2.67. The van der Waals surface area contributed by atoms with E-state index in [4.69, 9.17) is 11.5 Å². The van der Waals surface area contributed by atoms with Crippen LogP contribution in [0.1, 0.15) is 5.56 Å². The topological polar surface area (TPSA) is 77.3 Å². The Kier molecular flexibility index (Phi) is 3.41. The number of pyridine rings is 1. The van der Waals surface area contributed by atoms with E-state index < -0.39 is 11.6 Å². The fraction of sp³-hybridized carbons (Fsp3) is 0.0769. The molecule has 2 rings (SSSR count). The summed E-state index contributed by atoms with van der Waals surface area (Å²) >= 11 is 0. The molecule has 0 radical (unpaired) electrons. The van der Waals surface area contributed by atoms with Gasteiger partial charge in [0.05, 0.1) is 11.3 Å². The minimum atomic E-state index is -0.672. The SMILES string of the molecule is CN=C(N)c1ccc(-c2cc(F)cc(F)c2)nc1N. The van der Waals surface area contributed by atoms with E-state index in [-0.39, 0.29) is 11.7 Å². The van der Waals surface area contributed by atoms with E-state index in [1.165, 1.54) is 19.2 Å². The lowest BCUT2D eigenvalue weighted by atomic mass is 10.1. The summed E-state index contributed by atoms with van der Waals surface area (Å²) in [4.78, 5) is 7.88. The highest BCUT2D eigenvalue weighted by Gasteiger charge is 2.09. The van der Waals surface area contributed by atoms with Crippen molar-refractivity contribution in [3.05, 3.63) is 47.5 Å². The van der Waals surface area contributed by atoms with Gasteiger partial charge in [0.2, 0.25) is 0 Å². The van der Waals surface area contributed by atoms with Crippen LogP contribution >= 0.6 is 0 Å². The van der Waals surface area contributed by atoms with Gasteiger partial charge in [-0.2, -0.15) is 0 Å². The summed E-state index contributed by atoms with van der Waals surface area (Å²) in [6, 6.07) is 6.35. The number of amidine groups is 1. The lowest BCUT2D eigenvalue weighted by Crippen LogP contribution is -2.16. The van der Waals surface area contributed by atoms with Gasteiger partial charge in [-0.15, -0.1) is 0 Å². The molecule has 0 fully saturated rings. The Labute approximate surface area is 108 Å². The van der Waals surface area contributed by atoms with Gasteiger partial charge in [-0.3, -0.25) is 4.99 Å². The molecule has 0 atom stereocenters. The van der Waals surface area contributed by atoms with Crippen LogP contribution in [0.25, 0.3) is 11.3 Å². The van der Waals surface area contributed by atoms with Crippen molar-refractivity contribution < 1.29 is 8.78 Å². The Morgan fingerprint density at radius 2 is 1.79 bits per heavy atom. The Morgan fingerprint density at radius 1 is 1.16 bits per heavy atom. The zero-order valence-electron chi connectivity index (χ0n) is 10.2. The van der Waals surface area contributed by atoms with Crippen LogP contribution in [0, 0.1) is 11.6 Å². The second-order valence-corrected chi connectivity index (χ2v) is 3.90. The van der Waals surface area contributed by atoms with Crippen LogP contribution in [0.3, 0.4) is 0 Å². The van der Waals surface area contributed by atoms with Crippen LogP contribution in [-0.4, -0.2) is 17.9 Å². The monoisotopic (exact) mass is 262 g/mol. The Bertz CT molecular complexity index is 633. The molecule has 0 saturated heterocycles. The molecule has 0 aliphatic rings. The molecule has 0 saturated carbocycles. The first kappa shape index (κ1) is 12.9. The molecule has 19 heavy (non-hydrogen) atoms. The van der Waals surface area contributed by atoms with Gasteiger partial charge >= 0.3 is 0 Å². The van der Waals surface area contributed by atoms with E-state index in [9.17, 15) is 8.78 Å². The van der Waals surface area contributed by atoms with Crippen molar-refractivity contribution in [1.82, 2.24) is 4.98 Å². The van der Waals surface area contributed by atoms with Gasteiger partial charge in [0, 0.05) is 18.7 Å². The molecule has 0 amide bonds. The molecule has 6 heteroatoms. The summed E-state index contributed by atoms with van der Waals surface area (Å²) in [6.07, 6.45) is 0. The lowest BCUT2D eigenvalue weighted by molar-refractivity contribution is 0.584. The van der Waals surface area contributed by atoms with Gasteiger partial charge in [-0.05, 0) is 24.3 Å². The number of nitrogens with zero attached hydrogens (tertiary/aromatic N) is 2. The summed E-state index contributed by atoms with van der Waals surface area (Å²) in [5.41, 5.74) is 12.6. The molecule has 1 heterocycles. The summed E-state index contributed by atoms with van der Waals surface area (Å²) in [6.45, 7) is 0. The normalized spacial score (nSPS) is 11.6. The van der Waals surface area contributed by atoms with Crippen LogP contribution in [-0.2, 0) is 0 Å². The highest BCUT2D eigenvalue weighted by molar-refractivity contribution is 6.01. The zero-order valence-corrected chi connectivity index (χ0v) is 10.2. The van der Waals surface area contributed by atoms with Crippen molar-refractivity contribution in [2.24, 2.45) is 10.7 Å². The van der Waals surface area contributed by atoms with Crippen LogP contribution in [0.2, 0.25) is 0 Å². The molecule has 0 spiro atoms. The smallest absolute Gasteiger partial charge is 0.135 e. The van der Waals surface area contributed by atoms with Crippen molar-refractivity contribution in [3.63, 3.8) is 0 Å². The number of hydrogen-bond acceptors (Lipinski definition) is 3. The maximum Gasteiger partial charge on any atom is 0.135 e. The number of benzene rings is 1. The van der Waals surface area contributed by atoms with Crippen LogP contribution in [0.4, 0.5) is 14.6 Å². The zero-order chi connectivity index (χ0) is 14.0. The number of halogens is 2. The fourth-order valence-corrected chi connectivity index (χ4v) is 1.67. The average molecular weight is 262 g/mol. The third-order valence-electron chi connectivity index (χ3n) is 2.60. The van der Waals surface area contributed by atoms with E-state index in [1.807, 2.05) is 0 Å². The van der Waals surface area contributed by atoms with Gasteiger partial charge in [0.15, 0.2) is 0 Å². The summed E-state index contributed by atoms with van der Waals surface area (Å²) in [5, 5.41) is 0. The van der Waals surface area contributed by atoms with Crippen LogP contribution < -0.4 is 11.5 Å². The van der Waals surface area contributed by atoms with Crippen molar-refractivity contribution in [1.29, 1.82) is 0 Å². The van der Waals surface area contributed by atoms with Gasteiger partial charge in [0.1, 0.15) is 23.3 Å². The molecule has 0 bridgehead atoms. The summed E-state index contributed by atoms with van der Waals surface area (Å²) in [5.74, 6) is -0.935. The first-order valence-electron chi connectivity index (χ1n) is 5.47. The quantitative estimate of drug-likeness (QED) is 0.641. The predicted octanol–water partition coefficient (Wildman–Crippen LogP) is 1.94. The number of rotatable bonds is 2. The van der Waals surface area contributed by atoms with Gasteiger partial charge in [-0.25, -0.2) is 13.8 Å². The molecule has 1 aromatic carbocycles. The standard InChI is InChI=1S/C13H12F2N4/c1-18-12(16)10-2-3-11(19-13(10)17)7-4-8(14)6-9(15)5-7/h2-6H,1H3,(H2,16,18)(H2,17,19). The Hall–Kier alpha value is -2.50. The minimum absolute atomic E-state index is 0.158. The summed E-state index contributed by atoms with van der Waals surface area (Å²) < 4.78 is 26.3. The number of nitrogens with two attached hydrogens (primary N) is 2. The highest BCUT2D eigenvalue weighted by Crippen LogP contribution is 2.22. The first-order valence-corrected chi connectivity index (χ1v) is 5.47. The van der Waals surface area contributed by atoms with Gasteiger partial charge in [-0.1, -0.05) is 0 Å². The third-order valence-corrected chi connectivity index (χ3v) is 2.60. The molecule has 0 aliphatic heterocycles. The number of anilines is 1. The van der Waals surface area contributed by atoms with E-state index >= 15 is 0 Å². The van der Waals surface area contributed by atoms with Crippen LogP contribution in [0.15, 0.2) is 35.3 Å². The predicted molar refractivity (Wildman–Crippen MR) is 70.6 cm³/mol. The van der Waals surface area contributed by atoms with Crippen molar-refractivity contribution in [2.45, 2.75) is 0 Å². The molecule has 2 aromatic rings. The Morgan fingerprint density at radius 3 is 2.32 bits per heavy atom. The molecule has 0 aliphatic carbocycles. The lowest BCUT2D eigenvalue weighted by Gasteiger charge is -2.07. The van der Waals surface area contributed by atoms with E-state index in [1.54, 1.807) is 12.1 Å². The number of nitrogen functional groups attached to an aromatic ring is 1. The van der Waals surface area contributed by atoms with Crippen molar-refractivity contribution in [3.8, 4) is 11.3 Å². The second kappa shape index (κ2) is 5.01. The number of aromatic nitrogens is 1. The van der Waals surface area contributed by atoms with Crippen LogP contribution in [0.5, 0.6) is 0 Å². The number of aliphatic imine (C=N–C) groups is 1. The molecular formula is C13H12F2N4.